The molecule has 1 saturated heterocycles. The molecule has 1 aliphatic heterocycles. The van der Waals surface area contributed by atoms with Crippen molar-refractivity contribution in [3.63, 3.8) is 0 Å². The van der Waals surface area contributed by atoms with Crippen molar-refractivity contribution >= 4 is 5.82 Å². The Morgan fingerprint density at radius 3 is 3.20 bits per heavy atom. The van der Waals surface area contributed by atoms with Crippen LogP contribution in [-0.2, 0) is 0 Å². The molecule has 0 saturated carbocycles. The van der Waals surface area contributed by atoms with Crippen LogP contribution in [0.1, 0.15) is 12.8 Å². The van der Waals surface area contributed by atoms with E-state index in [0.29, 0.717) is 0 Å². The number of ether oxygens (including phenoxy) is 1. The molecule has 1 fully saturated rings. The summed E-state index contributed by atoms with van der Waals surface area (Å²) in [6.07, 6.45) is 4.02. The lowest BCUT2D eigenvalue weighted by Gasteiger charge is -2.32. The Morgan fingerprint density at radius 2 is 2.47 bits per heavy atom. The highest BCUT2D eigenvalue weighted by atomic mass is 16.5. The van der Waals surface area contributed by atoms with E-state index in [1.54, 1.807) is 13.3 Å². The second kappa shape index (κ2) is 4.49. The third kappa shape index (κ3) is 2.21. The van der Waals surface area contributed by atoms with Crippen LogP contribution in [0.15, 0.2) is 18.3 Å². The molecule has 1 atom stereocenters. The number of hydrogen-bond acceptors (Lipinski definition) is 4. The second-order valence-electron chi connectivity index (χ2n) is 3.88. The third-order valence-corrected chi connectivity index (χ3v) is 2.73. The van der Waals surface area contributed by atoms with Crippen molar-refractivity contribution in [1.82, 2.24) is 4.98 Å². The van der Waals surface area contributed by atoms with Crippen molar-refractivity contribution in [2.45, 2.75) is 18.9 Å². The molecular formula is C11H17N3O. The van der Waals surface area contributed by atoms with Crippen molar-refractivity contribution in [1.29, 1.82) is 0 Å². The fourth-order valence-electron chi connectivity index (χ4n) is 1.98. The third-order valence-electron chi connectivity index (χ3n) is 2.73. The predicted molar refractivity (Wildman–Crippen MR) is 60.2 cm³/mol. The Balaban J connectivity index is 2.20. The van der Waals surface area contributed by atoms with Crippen molar-refractivity contribution in [3.05, 3.63) is 18.3 Å². The molecule has 82 valence electrons. The fraction of sp³-hybridized carbons (Fsp3) is 0.545. The van der Waals surface area contributed by atoms with Gasteiger partial charge in [0.1, 0.15) is 0 Å². The maximum absolute atomic E-state index is 5.94. The van der Waals surface area contributed by atoms with Gasteiger partial charge in [0.2, 0.25) is 0 Å². The van der Waals surface area contributed by atoms with Crippen LogP contribution >= 0.6 is 0 Å². The smallest absolute Gasteiger partial charge is 0.171 e. The van der Waals surface area contributed by atoms with Crippen LogP contribution in [0.3, 0.4) is 0 Å². The van der Waals surface area contributed by atoms with E-state index in [4.69, 9.17) is 10.5 Å². The summed E-state index contributed by atoms with van der Waals surface area (Å²) in [4.78, 5) is 6.55. The molecule has 0 radical (unpaired) electrons. The molecule has 0 amide bonds. The summed E-state index contributed by atoms with van der Waals surface area (Å²) in [6, 6.07) is 4.07. The summed E-state index contributed by atoms with van der Waals surface area (Å²) >= 11 is 0. The molecule has 0 unspecified atom stereocenters. The SMILES string of the molecule is COc1cccnc1N1CCC[C@@H](N)C1. The molecule has 2 rings (SSSR count). The molecule has 1 aliphatic rings. The van der Waals surface area contributed by atoms with Crippen LogP contribution in [0.5, 0.6) is 5.75 Å². The highest BCUT2D eigenvalue weighted by molar-refractivity contribution is 5.52. The van der Waals surface area contributed by atoms with Gasteiger partial charge in [-0.25, -0.2) is 4.98 Å². The van der Waals surface area contributed by atoms with Gasteiger partial charge in [-0.3, -0.25) is 0 Å². The molecule has 1 aromatic heterocycles. The number of anilines is 1. The summed E-state index contributed by atoms with van der Waals surface area (Å²) in [5.41, 5.74) is 5.94. The van der Waals surface area contributed by atoms with Crippen LogP contribution in [-0.4, -0.2) is 31.2 Å². The number of aromatic nitrogens is 1. The van der Waals surface area contributed by atoms with Gasteiger partial charge >= 0.3 is 0 Å². The predicted octanol–water partition coefficient (Wildman–Crippen LogP) is 1.02. The van der Waals surface area contributed by atoms with E-state index in [1.165, 1.54) is 0 Å². The summed E-state index contributed by atoms with van der Waals surface area (Å²) in [6.45, 7) is 1.88. The number of nitrogens with two attached hydrogens (primary N) is 1. The Labute approximate surface area is 90.0 Å². The lowest BCUT2D eigenvalue weighted by atomic mass is 10.1. The molecule has 0 bridgehead atoms. The zero-order valence-corrected chi connectivity index (χ0v) is 9.02. The normalized spacial score (nSPS) is 21.5. The topological polar surface area (TPSA) is 51.4 Å². The van der Waals surface area contributed by atoms with Crippen LogP contribution in [0.2, 0.25) is 0 Å². The van der Waals surface area contributed by atoms with Gasteiger partial charge in [-0.1, -0.05) is 0 Å². The molecule has 2 heterocycles. The van der Waals surface area contributed by atoms with Gasteiger partial charge in [0.25, 0.3) is 0 Å². The van der Waals surface area contributed by atoms with E-state index in [9.17, 15) is 0 Å². The molecule has 15 heavy (non-hydrogen) atoms. The number of rotatable bonds is 2. The van der Waals surface area contributed by atoms with Crippen LogP contribution in [0.25, 0.3) is 0 Å². The average Bonchev–Trinajstić information content (AvgIpc) is 2.29. The lowest BCUT2D eigenvalue weighted by molar-refractivity contribution is 0.408. The number of nitrogens with zero attached hydrogens (tertiary/aromatic N) is 2. The van der Waals surface area contributed by atoms with E-state index in [-0.39, 0.29) is 6.04 Å². The first-order chi connectivity index (χ1) is 7.31. The zero-order valence-electron chi connectivity index (χ0n) is 9.02. The van der Waals surface area contributed by atoms with E-state index in [0.717, 1.165) is 37.5 Å². The fourth-order valence-corrected chi connectivity index (χ4v) is 1.98. The van der Waals surface area contributed by atoms with Crippen molar-refractivity contribution < 1.29 is 4.74 Å². The molecule has 4 nitrogen and oxygen atoms in total. The van der Waals surface area contributed by atoms with E-state index in [1.807, 2.05) is 12.1 Å². The first kappa shape index (κ1) is 10.2. The maximum Gasteiger partial charge on any atom is 0.171 e. The van der Waals surface area contributed by atoms with Crippen molar-refractivity contribution in [3.8, 4) is 5.75 Å². The molecule has 0 spiro atoms. The van der Waals surface area contributed by atoms with Crippen molar-refractivity contribution in [2.24, 2.45) is 5.73 Å². The number of piperidine rings is 1. The highest BCUT2D eigenvalue weighted by Gasteiger charge is 2.20. The first-order valence-electron chi connectivity index (χ1n) is 5.31. The standard InChI is InChI=1S/C11H17N3O/c1-15-10-5-2-6-13-11(10)14-7-3-4-9(12)8-14/h2,5-6,9H,3-4,7-8,12H2,1H3/t9-/m1/s1. The quantitative estimate of drug-likeness (QED) is 0.786. The number of hydrogen-bond donors (Lipinski definition) is 1. The largest absolute Gasteiger partial charge is 0.493 e. The molecule has 0 aliphatic carbocycles. The minimum absolute atomic E-state index is 0.255. The Hall–Kier alpha value is -1.29. The average molecular weight is 207 g/mol. The van der Waals surface area contributed by atoms with Crippen molar-refractivity contribution in [2.75, 3.05) is 25.1 Å². The molecular weight excluding hydrogens is 190 g/mol. The molecule has 1 aromatic rings. The molecule has 2 N–H and O–H groups in total. The first-order valence-corrected chi connectivity index (χ1v) is 5.31. The number of methoxy groups -OCH3 is 1. The Bertz CT molecular complexity index is 329. The van der Waals surface area contributed by atoms with Gasteiger partial charge in [0.05, 0.1) is 7.11 Å². The summed E-state index contributed by atoms with van der Waals surface area (Å²) < 4.78 is 5.29. The Kier molecular flexibility index (Phi) is 3.06. The highest BCUT2D eigenvalue weighted by Crippen LogP contribution is 2.26. The van der Waals surface area contributed by atoms with Gasteiger partial charge in [-0.05, 0) is 25.0 Å². The van der Waals surface area contributed by atoms with Crippen LogP contribution in [0, 0.1) is 0 Å². The summed E-state index contributed by atoms with van der Waals surface area (Å²) in [5, 5.41) is 0. The van der Waals surface area contributed by atoms with E-state index < -0.39 is 0 Å². The minimum atomic E-state index is 0.255. The summed E-state index contributed by atoms with van der Waals surface area (Å²) in [7, 11) is 1.67. The van der Waals surface area contributed by atoms with E-state index >= 15 is 0 Å². The second-order valence-corrected chi connectivity index (χ2v) is 3.88. The monoisotopic (exact) mass is 207 g/mol. The van der Waals surface area contributed by atoms with E-state index in [2.05, 4.69) is 9.88 Å². The van der Waals surface area contributed by atoms with Crippen LogP contribution < -0.4 is 15.4 Å². The van der Waals surface area contributed by atoms with Gasteiger partial charge < -0.3 is 15.4 Å². The minimum Gasteiger partial charge on any atom is -0.493 e. The van der Waals surface area contributed by atoms with Crippen LogP contribution in [0.4, 0.5) is 5.82 Å². The molecule has 4 heteroatoms. The maximum atomic E-state index is 5.94. The number of pyridine rings is 1. The summed E-state index contributed by atoms with van der Waals surface area (Å²) in [5.74, 6) is 1.74. The zero-order chi connectivity index (χ0) is 10.7. The molecule has 0 aromatic carbocycles. The Morgan fingerprint density at radius 1 is 1.60 bits per heavy atom. The van der Waals surface area contributed by atoms with Gasteiger partial charge in [-0.15, -0.1) is 0 Å². The lowest BCUT2D eigenvalue weighted by Crippen LogP contribution is -2.43. The van der Waals surface area contributed by atoms with Gasteiger partial charge in [0.15, 0.2) is 11.6 Å². The van der Waals surface area contributed by atoms with Gasteiger partial charge in [-0.2, -0.15) is 0 Å². The van der Waals surface area contributed by atoms with Gasteiger partial charge in [0, 0.05) is 25.3 Å².